The van der Waals surface area contributed by atoms with Crippen LogP contribution in [0.15, 0.2) is 70.5 Å². The van der Waals surface area contributed by atoms with E-state index >= 15 is 0 Å². The lowest BCUT2D eigenvalue weighted by Crippen LogP contribution is -2.27. The van der Waals surface area contributed by atoms with Crippen molar-refractivity contribution in [2.75, 3.05) is 26.0 Å². The van der Waals surface area contributed by atoms with Gasteiger partial charge in [0.1, 0.15) is 0 Å². The van der Waals surface area contributed by atoms with Gasteiger partial charge in [0.05, 0.1) is 41.6 Å². The first-order valence-electron chi connectivity index (χ1n) is 10.5. The molecular formula is C24H21N3O6S. The average Bonchev–Trinajstić information content (AvgIpc) is 3.21. The molecule has 0 atom stereocenters. The van der Waals surface area contributed by atoms with Gasteiger partial charge in [0, 0.05) is 11.9 Å². The van der Waals surface area contributed by atoms with E-state index in [1.165, 1.54) is 34.5 Å². The lowest BCUT2D eigenvalue weighted by Gasteiger charge is -2.16. The largest absolute Gasteiger partial charge is 0.466 e. The van der Waals surface area contributed by atoms with Crippen LogP contribution in [-0.2, 0) is 19.1 Å². The van der Waals surface area contributed by atoms with Gasteiger partial charge in [-0.15, -0.1) is 0 Å². The molecule has 3 aromatic rings. The molecule has 0 radical (unpaired) electrons. The standard InChI is InChI=1S/C24H21N3O6S/c1-32-21(29)14-20-26(19(28)15-34-20)12-7-13-33-24(31)22-17-10-5-6-11-18(17)23(30)27(25-22)16-8-3-2-4-9-16/h2-6,8-11,14H,7,12-13,15H2,1H3/b20-14+. The van der Waals surface area contributed by atoms with Crippen LogP contribution < -0.4 is 5.56 Å². The summed E-state index contributed by atoms with van der Waals surface area (Å²) in [5, 5.41) is 5.55. The third kappa shape index (κ3) is 4.86. The summed E-state index contributed by atoms with van der Waals surface area (Å²) in [6.45, 7) is 0.304. The van der Waals surface area contributed by atoms with E-state index in [1.807, 2.05) is 6.07 Å². The number of para-hydroxylation sites is 1. The highest BCUT2D eigenvalue weighted by molar-refractivity contribution is 8.04. The first-order valence-corrected chi connectivity index (χ1v) is 11.5. The van der Waals surface area contributed by atoms with Gasteiger partial charge in [-0.05, 0) is 24.6 Å². The molecule has 2 heterocycles. The van der Waals surface area contributed by atoms with Crippen LogP contribution in [-0.4, -0.2) is 58.5 Å². The van der Waals surface area contributed by atoms with Crippen molar-refractivity contribution in [3.8, 4) is 5.69 Å². The van der Waals surface area contributed by atoms with Gasteiger partial charge in [-0.25, -0.2) is 9.59 Å². The molecule has 0 saturated carbocycles. The van der Waals surface area contributed by atoms with Crippen LogP contribution in [0.4, 0.5) is 0 Å². The van der Waals surface area contributed by atoms with Crippen molar-refractivity contribution in [3.63, 3.8) is 0 Å². The minimum absolute atomic E-state index is 0.0260. The highest BCUT2D eigenvalue weighted by atomic mass is 32.2. The molecule has 1 amide bonds. The summed E-state index contributed by atoms with van der Waals surface area (Å²) in [4.78, 5) is 50.9. The summed E-state index contributed by atoms with van der Waals surface area (Å²) in [7, 11) is 1.27. The van der Waals surface area contributed by atoms with Gasteiger partial charge in [-0.1, -0.05) is 48.2 Å². The van der Waals surface area contributed by atoms with Crippen LogP contribution in [0.2, 0.25) is 0 Å². The van der Waals surface area contributed by atoms with Crippen molar-refractivity contribution in [3.05, 3.63) is 81.8 Å². The zero-order valence-corrected chi connectivity index (χ0v) is 19.1. The number of benzene rings is 2. The van der Waals surface area contributed by atoms with Gasteiger partial charge in [0.2, 0.25) is 5.91 Å². The molecule has 1 saturated heterocycles. The number of esters is 2. The Morgan fingerprint density at radius 3 is 2.50 bits per heavy atom. The summed E-state index contributed by atoms with van der Waals surface area (Å²) in [5.41, 5.74) is 0.216. The Hall–Kier alpha value is -3.92. The molecule has 1 aromatic heterocycles. The number of rotatable bonds is 7. The topological polar surface area (TPSA) is 108 Å². The summed E-state index contributed by atoms with van der Waals surface area (Å²) in [6.07, 6.45) is 1.62. The van der Waals surface area contributed by atoms with Crippen molar-refractivity contribution in [1.29, 1.82) is 0 Å². The lowest BCUT2D eigenvalue weighted by molar-refractivity contribution is -0.134. The Kier molecular flexibility index (Phi) is 7.07. The van der Waals surface area contributed by atoms with E-state index in [1.54, 1.807) is 48.5 Å². The first kappa shape index (κ1) is 23.2. The fourth-order valence-corrected chi connectivity index (χ4v) is 4.42. The number of thioether (sulfide) groups is 1. The Labute approximate surface area is 198 Å². The van der Waals surface area contributed by atoms with Gasteiger partial charge in [-0.3, -0.25) is 9.59 Å². The van der Waals surface area contributed by atoms with Crippen LogP contribution in [0.1, 0.15) is 16.9 Å². The van der Waals surface area contributed by atoms with Gasteiger partial charge >= 0.3 is 11.9 Å². The third-order valence-corrected chi connectivity index (χ3v) is 6.14. The zero-order valence-electron chi connectivity index (χ0n) is 18.3. The number of hydrogen-bond acceptors (Lipinski definition) is 8. The molecule has 2 aromatic carbocycles. The summed E-state index contributed by atoms with van der Waals surface area (Å²) < 4.78 is 11.2. The number of amides is 1. The number of fused-ring (bicyclic) bond motifs is 1. The number of carbonyl (C=O) groups is 3. The second-order valence-corrected chi connectivity index (χ2v) is 8.27. The highest BCUT2D eigenvalue weighted by Gasteiger charge is 2.27. The van der Waals surface area contributed by atoms with E-state index in [2.05, 4.69) is 9.84 Å². The van der Waals surface area contributed by atoms with Crippen LogP contribution in [0.25, 0.3) is 16.5 Å². The van der Waals surface area contributed by atoms with E-state index in [-0.39, 0.29) is 36.1 Å². The molecule has 34 heavy (non-hydrogen) atoms. The Bertz CT molecular complexity index is 1340. The zero-order chi connectivity index (χ0) is 24.1. The molecule has 0 N–H and O–H groups in total. The second kappa shape index (κ2) is 10.3. The number of ether oxygens (including phenoxy) is 2. The number of aromatic nitrogens is 2. The minimum Gasteiger partial charge on any atom is -0.466 e. The molecule has 0 spiro atoms. The van der Waals surface area contributed by atoms with Crippen molar-refractivity contribution in [1.82, 2.24) is 14.7 Å². The number of hydrogen-bond donors (Lipinski definition) is 0. The van der Waals surface area contributed by atoms with Crippen molar-refractivity contribution in [2.45, 2.75) is 6.42 Å². The van der Waals surface area contributed by atoms with Crippen LogP contribution in [0.5, 0.6) is 0 Å². The first-order chi connectivity index (χ1) is 16.5. The molecule has 0 unspecified atom stereocenters. The highest BCUT2D eigenvalue weighted by Crippen LogP contribution is 2.28. The fourth-order valence-electron chi connectivity index (χ4n) is 3.47. The molecular weight excluding hydrogens is 458 g/mol. The molecule has 0 bridgehead atoms. The maximum atomic E-state index is 12.9. The average molecular weight is 480 g/mol. The third-order valence-electron chi connectivity index (χ3n) is 5.11. The quantitative estimate of drug-likeness (QED) is 0.289. The molecule has 9 nitrogen and oxygen atoms in total. The Morgan fingerprint density at radius 1 is 1.06 bits per heavy atom. The van der Waals surface area contributed by atoms with Gasteiger partial charge in [0.15, 0.2) is 5.69 Å². The predicted molar refractivity (Wildman–Crippen MR) is 127 cm³/mol. The molecule has 174 valence electrons. The van der Waals surface area contributed by atoms with Crippen LogP contribution in [0.3, 0.4) is 0 Å². The maximum Gasteiger partial charge on any atom is 0.359 e. The van der Waals surface area contributed by atoms with Gasteiger partial charge in [-0.2, -0.15) is 9.78 Å². The Morgan fingerprint density at radius 2 is 1.76 bits per heavy atom. The SMILES string of the molecule is COC(=O)/C=C1/SCC(=O)N1CCCOC(=O)c1nn(-c2ccccc2)c(=O)c2ccccc12. The molecule has 1 aliphatic heterocycles. The van der Waals surface area contributed by atoms with E-state index in [0.29, 0.717) is 27.9 Å². The van der Waals surface area contributed by atoms with E-state index < -0.39 is 11.9 Å². The molecule has 1 fully saturated rings. The number of carbonyl (C=O) groups excluding carboxylic acids is 3. The number of nitrogens with zero attached hydrogens (tertiary/aromatic N) is 3. The van der Waals surface area contributed by atoms with E-state index in [9.17, 15) is 19.2 Å². The fraction of sp³-hybridized carbons (Fsp3) is 0.208. The smallest absolute Gasteiger partial charge is 0.359 e. The molecule has 1 aliphatic rings. The normalized spacial score (nSPS) is 14.6. The summed E-state index contributed by atoms with van der Waals surface area (Å²) in [6, 6.07) is 15.6. The van der Waals surface area contributed by atoms with Crippen molar-refractivity contribution < 1.29 is 23.9 Å². The summed E-state index contributed by atoms with van der Waals surface area (Å²) >= 11 is 1.25. The second-order valence-electron chi connectivity index (χ2n) is 7.28. The van der Waals surface area contributed by atoms with E-state index in [4.69, 9.17) is 4.74 Å². The number of methoxy groups -OCH3 is 1. The Balaban J connectivity index is 1.50. The van der Waals surface area contributed by atoms with Crippen molar-refractivity contribution in [2.24, 2.45) is 0 Å². The molecule has 4 rings (SSSR count). The van der Waals surface area contributed by atoms with Gasteiger partial charge < -0.3 is 14.4 Å². The van der Waals surface area contributed by atoms with Crippen LogP contribution in [0, 0.1) is 0 Å². The monoisotopic (exact) mass is 479 g/mol. The predicted octanol–water partition coefficient (Wildman–Crippen LogP) is 2.52. The van der Waals surface area contributed by atoms with Crippen molar-refractivity contribution >= 4 is 40.4 Å². The molecule has 10 heteroatoms. The minimum atomic E-state index is -0.673. The summed E-state index contributed by atoms with van der Waals surface area (Å²) in [5.74, 6) is -1.11. The molecule has 0 aliphatic carbocycles. The van der Waals surface area contributed by atoms with Crippen LogP contribution >= 0.6 is 11.8 Å². The van der Waals surface area contributed by atoms with Gasteiger partial charge in [0.25, 0.3) is 5.56 Å². The van der Waals surface area contributed by atoms with E-state index in [0.717, 1.165) is 0 Å². The maximum absolute atomic E-state index is 12.9. The lowest BCUT2D eigenvalue weighted by atomic mass is 10.1.